The molecule has 2 aromatic carbocycles. The Labute approximate surface area is 159 Å². The third-order valence-electron chi connectivity index (χ3n) is 4.55. The second-order valence-corrected chi connectivity index (χ2v) is 6.35. The van der Waals surface area contributed by atoms with Crippen LogP contribution >= 0.6 is 0 Å². The zero-order valence-electron chi connectivity index (χ0n) is 14.7. The molecule has 28 heavy (non-hydrogen) atoms. The number of hydrogen-bond acceptors (Lipinski definition) is 6. The number of hydrogen-bond donors (Lipinski definition) is 0. The second kappa shape index (κ2) is 7.07. The highest BCUT2D eigenvalue weighted by Gasteiger charge is 2.26. The SMILES string of the molecule is O=C1OC(c2ccc(N3CCCC3=O)cc2)=NC1=Cc1ccccc1[N+](=O)[O-]. The molecule has 0 bridgehead atoms. The predicted octanol–water partition coefficient (Wildman–Crippen LogP) is 3.07. The van der Waals surface area contributed by atoms with E-state index in [9.17, 15) is 19.7 Å². The number of nitrogens with zero attached hydrogens (tertiary/aromatic N) is 3. The summed E-state index contributed by atoms with van der Waals surface area (Å²) in [7, 11) is 0. The lowest BCUT2D eigenvalue weighted by molar-refractivity contribution is -0.385. The third-order valence-corrected chi connectivity index (χ3v) is 4.55. The number of carbonyl (C=O) groups is 2. The van der Waals surface area contributed by atoms with Crippen LogP contribution in [0.25, 0.3) is 6.08 Å². The number of rotatable bonds is 4. The molecule has 0 radical (unpaired) electrons. The molecule has 1 fully saturated rings. The van der Waals surface area contributed by atoms with Crippen LogP contribution < -0.4 is 4.90 Å². The summed E-state index contributed by atoms with van der Waals surface area (Å²) in [5.41, 5.74) is 1.50. The molecule has 1 amide bonds. The van der Waals surface area contributed by atoms with Crippen LogP contribution in [-0.2, 0) is 14.3 Å². The van der Waals surface area contributed by atoms with Gasteiger partial charge < -0.3 is 9.64 Å². The van der Waals surface area contributed by atoms with Crippen molar-refractivity contribution in [2.24, 2.45) is 4.99 Å². The van der Waals surface area contributed by atoms with Gasteiger partial charge in [0.1, 0.15) is 0 Å². The number of cyclic esters (lactones) is 1. The molecule has 2 aliphatic heterocycles. The van der Waals surface area contributed by atoms with Crippen LogP contribution in [0.5, 0.6) is 0 Å². The van der Waals surface area contributed by atoms with E-state index in [2.05, 4.69) is 4.99 Å². The molecule has 1 saturated heterocycles. The molecule has 0 saturated carbocycles. The number of carbonyl (C=O) groups excluding carboxylic acids is 2. The molecular formula is C20H15N3O5. The Morgan fingerprint density at radius 2 is 1.86 bits per heavy atom. The smallest absolute Gasteiger partial charge is 0.363 e. The molecule has 0 atom stereocenters. The molecule has 2 aliphatic rings. The minimum atomic E-state index is -0.674. The minimum absolute atomic E-state index is 0.0110. The zero-order valence-corrected chi connectivity index (χ0v) is 14.7. The maximum absolute atomic E-state index is 12.1. The maximum atomic E-state index is 12.1. The van der Waals surface area contributed by atoms with E-state index in [0.717, 1.165) is 12.1 Å². The van der Waals surface area contributed by atoms with Crippen LogP contribution in [0.3, 0.4) is 0 Å². The van der Waals surface area contributed by atoms with Gasteiger partial charge in [-0.3, -0.25) is 14.9 Å². The van der Waals surface area contributed by atoms with Crippen molar-refractivity contribution in [3.05, 3.63) is 75.5 Å². The summed E-state index contributed by atoms with van der Waals surface area (Å²) in [6.07, 6.45) is 2.72. The van der Waals surface area contributed by atoms with Crippen molar-refractivity contribution < 1.29 is 19.2 Å². The summed E-state index contributed by atoms with van der Waals surface area (Å²) >= 11 is 0. The summed E-state index contributed by atoms with van der Waals surface area (Å²) in [6, 6.07) is 13.1. The molecule has 0 spiro atoms. The first-order valence-electron chi connectivity index (χ1n) is 8.70. The van der Waals surface area contributed by atoms with Crippen LogP contribution in [0.15, 0.2) is 59.2 Å². The normalized spacial score (nSPS) is 17.8. The van der Waals surface area contributed by atoms with E-state index >= 15 is 0 Å². The van der Waals surface area contributed by atoms with Gasteiger partial charge in [-0.05, 0) is 42.8 Å². The summed E-state index contributed by atoms with van der Waals surface area (Å²) < 4.78 is 5.21. The summed E-state index contributed by atoms with van der Waals surface area (Å²) in [5, 5.41) is 11.1. The fraction of sp³-hybridized carbons (Fsp3) is 0.150. The number of amides is 1. The van der Waals surface area contributed by atoms with Crippen LogP contribution in [0.1, 0.15) is 24.0 Å². The van der Waals surface area contributed by atoms with Gasteiger partial charge in [0, 0.05) is 30.3 Å². The standard InChI is InChI=1S/C20H15N3O5/c24-18-6-3-11-22(18)15-9-7-13(8-10-15)19-21-16(20(25)28-19)12-14-4-1-2-5-17(14)23(26)27/h1-2,4-5,7-10,12H,3,6,11H2. The van der Waals surface area contributed by atoms with Gasteiger partial charge in [0.25, 0.3) is 5.69 Å². The first-order chi connectivity index (χ1) is 13.5. The van der Waals surface area contributed by atoms with Crippen molar-refractivity contribution in [2.75, 3.05) is 11.4 Å². The third kappa shape index (κ3) is 3.27. The highest BCUT2D eigenvalue weighted by atomic mass is 16.6. The van der Waals surface area contributed by atoms with E-state index < -0.39 is 10.9 Å². The Bertz CT molecular complexity index is 1040. The number of para-hydroxylation sites is 1. The summed E-state index contributed by atoms with van der Waals surface area (Å²) in [5.74, 6) is -0.465. The maximum Gasteiger partial charge on any atom is 0.363 e. The summed E-state index contributed by atoms with van der Waals surface area (Å²) in [6.45, 7) is 0.691. The number of aliphatic imine (C=N–C) groups is 1. The lowest BCUT2D eigenvalue weighted by Gasteiger charge is -2.15. The minimum Gasteiger partial charge on any atom is -0.402 e. The number of nitro groups is 1. The quantitative estimate of drug-likeness (QED) is 0.353. The van der Waals surface area contributed by atoms with E-state index in [-0.39, 0.29) is 28.8 Å². The second-order valence-electron chi connectivity index (χ2n) is 6.35. The Morgan fingerprint density at radius 1 is 1.11 bits per heavy atom. The molecule has 4 rings (SSSR count). The number of ether oxygens (including phenoxy) is 1. The van der Waals surface area contributed by atoms with Crippen molar-refractivity contribution in [3.63, 3.8) is 0 Å². The lowest BCUT2D eigenvalue weighted by atomic mass is 10.1. The van der Waals surface area contributed by atoms with Crippen molar-refractivity contribution >= 4 is 35.2 Å². The van der Waals surface area contributed by atoms with Crippen LogP contribution in [0.2, 0.25) is 0 Å². The number of nitro benzene ring substituents is 1. The zero-order chi connectivity index (χ0) is 19.7. The summed E-state index contributed by atoms with van der Waals surface area (Å²) in [4.78, 5) is 40.5. The van der Waals surface area contributed by atoms with Gasteiger partial charge in [0.2, 0.25) is 11.8 Å². The topological polar surface area (TPSA) is 102 Å². The Kier molecular flexibility index (Phi) is 4.44. The molecule has 0 N–H and O–H groups in total. The predicted molar refractivity (Wildman–Crippen MR) is 102 cm³/mol. The van der Waals surface area contributed by atoms with E-state index in [4.69, 9.17) is 4.74 Å². The molecule has 2 heterocycles. The van der Waals surface area contributed by atoms with Gasteiger partial charge in [-0.25, -0.2) is 9.79 Å². The Balaban J connectivity index is 1.61. The first kappa shape index (κ1) is 17.6. The molecule has 0 aliphatic carbocycles. The molecule has 0 aromatic heterocycles. The van der Waals surface area contributed by atoms with Crippen LogP contribution in [0, 0.1) is 10.1 Å². The monoisotopic (exact) mass is 377 g/mol. The Hall–Kier alpha value is -3.81. The average Bonchev–Trinajstić information content (AvgIpc) is 3.28. The number of anilines is 1. The first-order valence-corrected chi connectivity index (χ1v) is 8.70. The van der Waals surface area contributed by atoms with Gasteiger partial charge in [0.05, 0.1) is 10.5 Å². The average molecular weight is 377 g/mol. The van der Waals surface area contributed by atoms with E-state index in [1.807, 2.05) is 0 Å². The van der Waals surface area contributed by atoms with Crippen molar-refractivity contribution in [1.29, 1.82) is 0 Å². The molecule has 8 nitrogen and oxygen atoms in total. The lowest BCUT2D eigenvalue weighted by Crippen LogP contribution is -2.23. The van der Waals surface area contributed by atoms with E-state index in [1.165, 1.54) is 18.2 Å². The van der Waals surface area contributed by atoms with Gasteiger partial charge >= 0.3 is 5.97 Å². The van der Waals surface area contributed by atoms with E-state index in [0.29, 0.717) is 18.5 Å². The van der Waals surface area contributed by atoms with Gasteiger partial charge in [0.15, 0.2) is 5.70 Å². The molecule has 8 heteroatoms. The number of benzene rings is 2. The molecule has 2 aromatic rings. The van der Waals surface area contributed by atoms with Crippen molar-refractivity contribution in [1.82, 2.24) is 0 Å². The molecule has 140 valence electrons. The number of esters is 1. The highest BCUT2D eigenvalue weighted by molar-refractivity contribution is 6.13. The van der Waals surface area contributed by atoms with Crippen LogP contribution in [0.4, 0.5) is 11.4 Å². The molecular weight excluding hydrogens is 362 g/mol. The highest BCUT2D eigenvalue weighted by Crippen LogP contribution is 2.26. The van der Waals surface area contributed by atoms with Crippen molar-refractivity contribution in [3.8, 4) is 0 Å². The van der Waals surface area contributed by atoms with E-state index in [1.54, 1.807) is 41.3 Å². The fourth-order valence-corrected chi connectivity index (χ4v) is 3.16. The molecule has 0 unspecified atom stereocenters. The van der Waals surface area contributed by atoms with Crippen molar-refractivity contribution in [2.45, 2.75) is 12.8 Å². The van der Waals surface area contributed by atoms with Gasteiger partial charge in [-0.2, -0.15) is 0 Å². The fourth-order valence-electron chi connectivity index (χ4n) is 3.16. The van der Waals surface area contributed by atoms with Crippen LogP contribution in [-0.4, -0.2) is 29.2 Å². The Morgan fingerprint density at radius 3 is 2.54 bits per heavy atom. The van der Waals surface area contributed by atoms with Gasteiger partial charge in [-0.15, -0.1) is 0 Å². The van der Waals surface area contributed by atoms with Gasteiger partial charge in [-0.1, -0.05) is 12.1 Å². The largest absolute Gasteiger partial charge is 0.402 e.